The number of amides is 1. The molecule has 2 rings (SSSR count). The zero-order valence-corrected chi connectivity index (χ0v) is 17.2. The normalized spacial score (nSPS) is 16.9. The number of esters is 1. The van der Waals surface area contributed by atoms with E-state index in [-0.39, 0.29) is 6.09 Å². The summed E-state index contributed by atoms with van der Waals surface area (Å²) in [5, 5.41) is 14.3. The number of likely N-dealkylation sites (tertiary alicyclic amines) is 1. The Morgan fingerprint density at radius 3 is 2.63 bits per heavy atom. The summed E-state index contributed by atoms with van der Waals surface area (Å²) >= 11 is 1.28. The first-order valence-electron chi connectivity index (χ1n) is 9.15. The van der Waals surface area contributed by atoms with E-state index in [1.807, 2.05) is 20.8 Å². The number of piperidine rings is 1. The molecule has 9 heteroatoms. The second-order valence-electron chi connectivity index (χ2n) is 7.65. The van der Waals surface area contributed by atoms with E-state index in [9.17, 15) is 14.7 Å². The second-order valence-corrected chi connectivity index (χ2v) is 8.76. The topological polar surface area (TPSA) is 101 Å². The van der Waals surface area contributed by atoms with Crippen molar-refractivity contribution in [3.05, 3.63) is 16.1 Å². The highest BCUT2D eigenvalue weighted by molar-refractivity contribution is 7.13. The molecule has 0 radical (unpaired) electrons. The molecule has 0 bridgehead atoms. The SMILES string of the molecule is CCOC(=O)c1ncc(CNCC2(O)CCN(C(=O)OC(C)(C)C)CC2)s1. The van der Waals surface area contributed by atoms with Crippen LogP contribution >= 0.6 is 11.3 Å². The summed E-state index contributed by atoms with van der Waals surface area (Å²) in [4.78, 5) is 30.3. The average Bonchev–Trinajstić information content (AvgIpc) is 3.03. The van der Waals surface area contributed by atoms with Gasteiger partial charge in [0.2, 0.25) is 5.01 Å². The van der Waals surface area contributed by atoms with Gasteiger partial charge in [0.1, 0.15) is 5.60 Å². The zero-order chi connectivity index (χ0) is 20.1. The number of hydrogen-bond acceptors (Lipinski definition) is 8. The molecule has 152 valence electrons. The van der Waals surface area contributed by atoms with Crippen molar-refractivity contribution in [2.24, 2.45) is 0 Å². The largest absolute Gasteiger partial charge is 0.461 e. The summed E-state index contributed by atoms with van der Waals surface area (Å²) in [6.45, 7) is 9.41. The van der Waals surface area contributed by atoms with Crippen LogP contribution in [0.5, 0.6) is 0 Å². The number of nitrogens with zero attached hydrogens (tertiary/aromatic N) is 2. The number of aliphatic hydroxyl groups is 1. The van der Waals surface area contributed by atoms with E-state index in [1.54, 1.807) is 18.0 Å². The van der Waals surface area contributed by atoms with Gasteiger partial charge < -0.3 is 24.8 Å². The van der Waals surface area contributed by atoms with Crippen molar-refractivity contribution < 1.29 is 24.2 Å². The minimum Gasteiger partial charge on any atom is -0.461 e. The molecule has 2 heterocycles. The predicted octanol–water partition coefficient (Wildman–Crippen LogP) is 2.17. The van der Waals surface area contributed by atoms with E-state index < -0.39 is 17.2 Å². The molecule has 0 aromatic carbocycles. The van der Waals surface area contributed by atoms with E-state index in [1.165, 1.54) is 11.3 Å². The van der Waals surface area contributed by atoms with Gasteiger partial charge in [-0.3, -0.25) is 0 Å². The van der Waals surface area contributed by atoms with Gasteiger partial charge >= 0.3 is 12.1 Å². The van der Waals surface area contributed by atoms with Gasteiger partial charge in [0.05, 0.1) is 12.2 Å². The quantitative estimate of drug-likeness (QED) is 0.707. The fourth-order valence-electron chi connectivity index (χ4n) is 2.70. The lowest BCUT2D eigenvalue weighted by molar-refractivity contribution is -0.0310. The van der Waals surface area contributed by atoms with E-state index in [4.69, 9.17) is 9.47 Å². The maximum absolute atomic E-state index is 12.1. The van der Waals surface area contributed by atoms with Crippen LogP contribution in [0, 0.1) is 0 Å². The highest BCUT2D eigenvalue weighted by Gasteiger charge is 2.35. The van der Waals surface area contributed by atoms with Gasteiger partial charge in [-0.15, -0.1) is 11.3 Å². The molecule has 0 unspecified atom stereocenters. The van der Waals surface area contributed by atoms with Gasteiger partial charge in [-0.2, -0.15) is 0 Å². The maximum atomic E-state index is 12.1. The van der Waals surface area contributed by atoms with Crippen LogP contribution in [0.3, 0.4) is 0 Å². The zero-order valence-electron chi connectivity index (χ0n) is 16.4. The summed E-state index contributed by atoms with van der Waals surface area (Å²) in [5.41, 5.74) is -1.39. The number of carbonyl (C=O) groups excluding carboxylic acids is 2. The van der Waals surface area contributed by atoms with Gasteiger partial charge in [0, 0.05) is 37.3 Å². The Bertz CT molecular complexity index is 648. The summed E-state index contributed by atoms with van der Waals surface area (Å²) in [7, 11) is 0. The van der Waals surface area contributed by atoms with Crippen LogP contribution in [0.2, 0.25) is 0 Å². The van der Waals surface area contributed by atoms with Crippen molar-refractivity contribution >= 4 is 23.4 Å². The van der Waals surface area contributed by atoms with Gasteiger partial charge in [0.15, 0.2) is 0 Å². The number of nitrogens with one attached hydrogen (secondary N) is 1. The minimum absolute atomic E-state index is 0.319. The third kappa shape index (κ3) is 6.75. The van der Waals surface area contributed by atoms with E-state index in [0.717, 1.165) is 4.88 Å². The van der Waals surface area contributed by atoms with Gasteiger partial charge in [0.25, 0.3) is 0 Å². The third-order valence-electron chi connectivity index (χ3n) is 4.10. The number of rotatable bonds is 6. The van der Waals surface area contributed by atoms with Crippen LogP contribution in [0.25, 0.3) is 0 Å². The first kappa shape index (κ1) is 21.6. The van der Waals surface area contributed by atoms with Crippen molar-refractivity contribution in [1.29, 1.82) is 0 Å². The molecule has 27 heavy (non-hydrogen) atoms. The number of carbonyl (C=O) groups is 2. The Morgan fingerprint density at radius 2 is 2.04 bits per heavy atom. The molecule has 0 aliphatic carbocycles. The smallest absolute Gasteiger partial charge is 0.410 e. The molecule has 1 aromatic rings. The van der Waals surface area contributed by atoms with E-state index in [2.05, 4.69) is 10.3 Å². The van der Waals surface area contributed by atoms with E-state index in [0.29, 0.717) is 50.6 Å². The lowest BCUT2D eigenvalue weighted by Gasteiger charge is -2.38. The lowest BCUT2D eigenvalue weighted by Crippen LogP contribution is -2.51. The first-order chi connectivity index (χ1) is 12.6. The molecule has 1 aliphatic rings. The van der Waals surface area contributed by atoms with Crippen LogP contribution in [-0.2, 0) is 16.0 Å². The maximum Gasteiger partial charge on any atom is 0.410 e. The standard InChI is InChI=1S/C18H29N3O5S/c1-5-25-15(22)14-20-11-13(27-14)10-19-12-18(24)6-8-21(9-7-18)16(23)26-17(2,3)4/h11,19,24H,5-10,12H2,1-4H3. The Kier molecular flexibility index (Phi) is 7.19. The van der Waals surface area contributed by atoms with Crippen molar-refractivity contribution in [1.82, 2.24) is 15.2 Å². The van der Waals surface area contributed by atoms with Crippen LogP contribution in [0.15, 0.2) is 6.20 Å². The molecule has 0 atom stereocenters. The molecule has 2 N–H and O–H groups in total. The molecule has 1 amide bonds. The highest BCUT2D eigenvalue weighted by Crippen LogP contribution is 2.23. The fourth-order valence-corrected chi connectivity index (χ4v) is 3.48. The molecular weight excluding hydrogens is 370 g/mol. The van der Waals surface area contributed by atoms with Crippen molar-refractivity contribution in [3.63, 3.8) is 0 Å². The monoisotopic (exact) mass is 399 g/mol. The van der Waals surface area contributed by atoms with Crippen molar-refractivity contribution in [2.45, 2.75) is 58.3 Å². The number of hydrogen-bond donors (Lipinski definition) is 2. The van der Waals surface area contributed by atoms with Crippen molar-refractivity contribution in [2.75, 3.05) is 26.2 Å². The second kappa shape index (κ2) is 8.99. The first-order valence-corrected chi connectivity index (χ1v) is 9.96. The summed E-state index contributed by atoms with van der Waals surface area (Å²) < 4.78 is 10.3. The molecule has 8 nitrogen and oxygen atoms in total. The summed E-state index contributed by atoms with van der Waals surface area (Å²) in [5.74, 6) is -0.415. The molecule has 1 fully saturated rings. The Balaban J connectivity index is 1.75. The van der Waals surface area contributed by atoms with E-state index >= 15 is 0 Å². The third-order valence-corrected chi connectivity index (χ3v) is 5.08. The predicted molar refractivity (Wildman–Crippen MR) is 102 cm³/mol. The molecule has 0 spiro atoms. The number of thiazole rings is 1. The minimum atomic E-state index is -0.868. The number of ether oxygens (including phenoxy) is 2. The summed E-state index contributed by atoms with van der Waals surface area (Å²) in [6.07, 6.45) is 2.26. The Labute approximate surface area is 163 Å². The van der Waals surface area contributed by atoms with Crippen LogP contribution in [-0.4, -0.2) is 64.5 Å². The van der Waals surface area contributed by atoms with Gasteiger partial charge in [-0.25, -0.2) is 14.6 Å². The molecule has 1 aliphatic heterocycles. The van der Waals surface area contributed by atoms with Crippen LogP contribution in [0.1, 0.15) is 55.2 Å². The molecule has 1 saturated heterocycles. The van der Waals surface area contributed by atoms with Gasteiger partial charge in [-0.1, -0.05) is 0 Å². The van der Waals surface area contributed by atoms with Crippen LogP contribution in [0.4, 0.5) is 4.79 Å². The molecular formula is C18H29N3O5S. The highest BCUT2D eigenvalue weighted by atomic mass is 32.1. The fraction of sp³-hybridized carbons (Fsp3) is 0.722. The van der Waals surface area contributed by atoms with Gasteiger partial charge in [-0.05, 0) is 40.5 Å². The van der Waals surface area contributed by atoms with Crippen LogP contribution < -0.4 is 5.32 Å². The lowest BCUT2D eigenvalue weighted by atomic mass is 9.91. The average molecular weight is 400 g/mol. The molecule has 1 aromatic heterocycles. The Hall–Kier alpha value is -1.71. The molecule has 0 saturated carbocycles. The number of aromatic nitrogens is 1. The van der Waals surface area contributed by atoms with Crippen molar-refractivity contribution in [3.8, 4) is 0 Å². The Morgan fingerprint density at radius 1 is 1.37 bits per heavy atom. The summed E-state index contributed by atoms with van der Waals surface area (Å²) in [6, 6.07) is 0.